The maximum atomic E-state index is 5.87. The monoisotopic (exact) mass is 268 g/mol. The average molecular weight is 268 g/mol. The van der Waals surface area contributed by atoms with Crippen LogP contribution in [0.25, 0.3) is 0 Å². The molecule has 2 aliphatic rings. The topological polar surface area (TPSA) is 24.5 Å². The van der Waals surface area contributed by atoms with Crippen molar-refractivity contribution in [3.05, 3.63) is 0 Å². The van der Waals surface area contributed by atoms with Crippen molar-refractivity contribution in [1.29, 1.82) is 0 Å². The van der Waals surface area contributed by atoms with Gasteiger partial charge >= 0.3 is 0 Å². The smallest absolute Gasteiger partial charge is 0.0637 e. The fourth-order valence-electron chi connectivity index (χ4n) is 4.06. The van der Waals surface area contributed by atoms with Crippen molar-refractivity contribution in [2.75, 3.05) is 33.4 Å². The quantitative estimate of drug-likeness (QED) is 0.719. The number of hydrogen-bond donors (Lipinski definition) is 1. The van der Waals surface area contributed by atoms with E-state index in [2.05, 4.69) is 24.2 Å². The minimum atomic E-state index is 0.378. The molecule has 1 heterocycles. The zero-order valence-electron chi connectivity index (χ0n) is 12.9. The van der Waals surface area contributed by atoms with Gasteiger partial charge in [0.05, 0.1) is 6.61 Å². The van der Waals surface area contributed by atoms with E-state index in [9.17, 15) is 0 Å². The molecule has 0 bridgehead atoms. The van der Waals surface area contributed by atoms with Crippen LogP contribution in [0.1, 0.15) is 58.3 Å². The van der Waals surface area contributed by atoms with Gasteiger partial charge in [-0.3, -0.25) is 4.90 Å². The molecule has 19 heavy (non-hydrogen) atoms. The van der Waals surface area contributed by atoms with Crippen LogP contribution >= 0.6 is 0 Å². The second-order valence-electron chi connectivity index (χ2n) is 6.27. The number of piperidine rings is 1. The van der Waals surface area contributed by atoms with Gasteiger partial charge in [-0.05, 0) is 52.2 Å². The molecule has 0 amide bonds. The van der Waals surface area contributed by atoms with Gasteiger partial charge < -0.3 is 10.1 Å². The maximum Gasteiger partial charge on any atom is 0.0637 e. The van der Waals surface area contributed by atoms with Gasteiger partial charge in [-0.15, -0.1) is 0 Å². The fourth-order valence-corrected chi connectivity index (χ4v) is 4.06. The van der Waals surface area contributed by atoms with Gasteiger partial charge in [0.2, 0.25) is 0 Å². The van der Waals surface area contributed by atoms with Crippen molar-refractivity contribution in [2.45, 2.75) is 69.9 Å². The Hall–Kier alpha value is -0.120. The molecule has 0 aromatic carbocycles. The summed E-state index contributed by atoms with van der Waals surface area (Å²) in [5.74, 6) is 0. The zero-order valence-corrected chi connectivity index (χ0v) is 12.9. The lowest BCUT2D eigenvalue weighted by Gasteiger charge is -2.48. The molecule has 3 heteroatoms. The number of rotatable bonds is 7. The van der Waals surface area contributed by atoms with Crippen molar-refractivity contribution in [3.63, 3.8) is 0 Å². The number of nitrogens with one attached hydrogen (secondary N) is 1. The molecule has 1 N–H and O–H groups in total. The van der Waals surface area contributed by atoms with E-state index >= 15 is 0 Å². The lowest BCUT2D eigenvalue weighted by molar-refractivity contribution is 0.000489. The summed E-state index contributed by atoms with van der Waals surface area (Å²) < 4.78 is 5.87. The van der Waals surface area contributed by atoms with Crippen LogP contribution < -0.4 is 5.32 Å². The molecule has 2 rings (SSSR count). The molecule has 1 saturated heterocycles. The lowest BCUT2D eigenvalue weighted by atomic mass is 9.84. The van der Waals surface area contributed by atoms with Crippen molar-refractivity contribution < 1.29 is 4.74 Å². The summed E-state index contributed by atoms with van der Waals surface area (Å²) in [5.41, 5.74) is 0.378. The van der Waals surface area contributed by atoms with Crippen molar-refractivity contribution in [1.82, 2.24) is 10.2 Å². The summed E-state index contributed by atoms with van der Waals surface area (Å²) in [6, 6.07) is 0.500. The number of nitrogens with zero attached hydrogens (tertiary/aromatic N) is 1. The summed E-state index contributed by atoms with van der Waals surface area (Å²) in [4.78, 5) is 2.79. The third-order valence-corrected chi connectivity index (χ3v) is 5.09. The maximum absolute atomic E-state index is 5.87. The molecule has 0 radical (unpaired) electrons. The third-order valence-electron chi connectivity index (χ3n) is 5.09. The fraction of sp³-hybridized carbons (Fsp3) is 1.00. The van der Waals surface area contributed by atoms with Crippen LogP contribution in [0.15, 0.2) is 0 Å². The molecule has 1 atom stereocenters. The van der Waals surface area contributed by atoms with E-state index in [1.54, 1.807) is 0 Å². The van der Waals surface area contributed by atoms with E-state index < -0.39 is 0 Å². The standard InChI is InChI=1S/C16H32N2O/c1-3-13-19-14-15(17-2)16(9-5-6-10-16)18-11-7-4-8-12-18/h15,17H,3-14H2,1-2H3. The molecular formula is C16H32N2O. The van der Waals surface area contributed by atoms with Crippen LogP contribution in [0, 0.1) is 0 Å². The highest BCUT2D eigenvalue weighted by atomic mass is 16.5. The molecule has 0 aromatic rings. The predicted molar refractivity (Wildman–Crippen MR) is 80.6 cm³/mol. The average Bonchev–Trinajstić information content (AvgIpc) is 2.95. The largest absolute Gasteiger partial charge is 0.380 e. The Morgan fingerprint density at radius 2 is 1.79 bits per heavy atom. The van der Waals surface area contributed by atoms with Crippen LogP contribution in [0.3, 0.4) is 0 Å². The van der Waals surface area contributed by atoms with E-state index in [1.165, 1.54) is 58.0 Å². The predicted octanol–water partition coefficient (Wildman–Crippen LogP) is 2.80. The van der Waals surface area contributed by atoms with Crippen molar-refractivity contribution >= 4 is 0 Å². The minimum absolute atomic E-state index is 0.378. The Morgan fingerprint density at radius 1 is 1.11 bits per heavy atom. The van der Waals surface area contributed by atoms with Crippen LogP contribution in [-0.2, 0) is 4.74 Å². The first kappa shape index (κ1) is 15.3. The number of ether oxygens (including phenoxy) is 1. The van der Waals surface area contributed by atoms with Crippen LogP contribution in [0.4, 0.5) is 0 Å². The molecule has 112 valence electrons. The third kappa shape index (κ3) is 3.50. The Morgan fingerprint density at radius 3 is 2.37 bits per heavy atom. The molecule has 2 fully saturated rings. The Labute approximate surface area is 119 Å². The molecule has 0 aromatic heterocycles. The van der Waals surface area contributed by atoms with Gasteiger partial charge in [0.1, 0.15) is 0 Å². The van der Waals surface area contributed by atoms with E-state index in [1.807, 2.05) is 0 Å². The molecule has 0 spiro atoms. The molecular weight excluding hydrogens is 236 g/mol. The molecule has 3 nitrogen and oxygen atoms in total. The molecule has 1 aliphatic heterocycles. The van der Waals surface area contributed by atoms with Gasteiger partial charge in [-0.1, -0.05) is 26.2 Å². The molecule has 1 aliphatic carbocycles. The van der Waals surface area contributed by atoms with Gasteiger partial charge in [-0.2, -0.15) is 0 Å². The van der Waals surface area contributed by atoms with E-state index in [-0.39, 0.29) is 0 Å². The van der Waals surface area contributed by atoms with Crippen molar-refractivity contribution in [2.24, 2.45) is 0 Å². The first-order valence-corrected chi connectivity index (χ1v) is 8.33. The van der Waals surface area contributed by atoms with Crippen LogP contribution in [-0.4, -0.2) is 49.8 Å². The zero-order chi connectivity index (χ0) is 13.6. The normalized spacial score (nSPS) is 25.6. The van der Waals surface area contributed by atoms with E-state index in [0.717, 1.165) is 19.6 Å². The first-order valence-electron chi connectivity index (χ1n) is 8.33. The number of likely N-dealkylation sites (tertiary alicyclic amines) is 1. The summed E-state index contributed by atoms with van der Waals surface area (Å²) >= 11 is 0. The van der Waals surface area contributed by atoms with E-state index in [0.29, 0.717) is 11.6 Å². The first-order chi connectivity index (χ1) is 9.33. The Bertz CT molecular complexity index is 245. The second-order valence-corrected chi connectivity index (χ2v) is 6.27. The van der Waals surface area contributed by atoms with Gasteiger partial charge in [-0.25, -0.2) is 0 Å². The van der Waals surface area contributed by atoms with Gasteiger partial charge in [0.15, 0.2) is 0 Å². The number of hydrogen-bond acceptors (Lipinski definition) is 3. The van der Waals surface area contributed by atoms with Crippen LogP contribution in [0.2, 0.25) is 0 Å². The lowest BCUT2D eigenvalue weighted by Crippen LogP contribution is -2.62. The van der Waals surface area contributed by atoms with Gasteiger partial charge in [0, 0.05) is 18.2 Å². The molecule has 1 unspecified atom stereocenters. The summed E-state index contributed by atoms with van der Waals surface area (Å²) in [5, 5.41) is 3.57. The highest BCUT2D eigenvalue weighted by Crippen LogP contribution is 2.39. The summed E-state index contributed by atoms with van der Waals surface area (Å²) in [7, 11) is 2.12. The number of likely N-dealkylation sites (N-methyl/N-ethyl adjacent to an activating group) is 1. The van der Waals surface area contributed by atoms with Crippen LogP contribution in [0.5, 0.6) is 0 Å². The Kier molecular flexibility index (Phi) is 6.11. The second kappa shape index (κ2) is 7.61. The summed E-state index contributed by atoms with van der Waals surface area (Å²) in [6.45, 7) is 6.55. The van der Waals surface area contributed by atoms with Gasteiger partial charge in [0.25, 0.3) is 0 Å². The molecule has 1 saturated carbocycles. The highest BCUT2D eigenvalue weighted by molar-refractivity contribution is 5.04. The summed E-state index contributed by atoms with van der Waals surface area (Å²) in [6.07, 6.45) is 10.8. The highest BCUT2D eigenvalue weighted by Gasteiger charge is 2.45. The minimum Gasteiger partial charge on any atom is -0.380 e. The van der Waals surface area contributed by atoms with E-state index in [4.69, 9.17) is 4.74 Å². The Balaban J connectivity index is 2.02. The SMILES string of the molecule is CCCOCC(NC)C1(N2CCCCC2)CCCC1. The van der Waals surface area contributed by atoms with Crippen molar-refractivity contribution in [3.8, 4) is 0 Å².